The molecule has 0 spiro atoms. The monoisotopic (exact) mass is 290 g/mol. The number of anilines is 1. The number of thiazole rings is 1. The molecule has 2 rings (SSSR count). The number of carbonyl (C=O) groups excluding carboxylic acids is 1. The van der Waals surface area contributed by atoms with E-state index in [4.69, 9.17) is 4.74 Å². The molecule has 106 valence electrons. The number of aromatic nitrogens is 1. The molecule has 1 amide bonds. The Morgan fingerprint density at radius 3 is 2.60 bits per heavy atom. The largest absolute Gasteiger partial charge is 0.489 e. The molecule has 5 heteroatoms. The van der Waals surface area contributed by atoms with Crippen LogP contribution >= 0.6 is 11.3 Å². The van der Waals surface area contributed by atoms with Crippen LogP contribution in [0, 0.1) is 13.8 Å². The van der Waals surface area contributed by atoms with E-state index in [1.54, 1.807) is 0 Å². The Kier molecular flexibility index (Phi) is 4.39. The van der Waals surface area contributed by atoms with Gasteiger partial charge in [-0.15, -0.1) is 11.3 Å². The molecule has 0 unspecified atom stereocenters. The Morgan fingerprint density at radius 2 is 2.00 bits per heavy atom. The third-order valence-corrected chi connectivity index (χ3v) is 3.50. The topological polar surface area (TPSA) is 51.2 Å². The minimum Gasteiger partial charge on any atom is -0.489 e. The maximum absolute atomic E-state index is 12.3. The molecule has 1 heterocycles. The number of benzene rings is 1. The molecule has 0 fully saturated rings. The van der Waals surface area contributed by atoms with Gasteiger partial charge in [-0.1, -0.05) is 12.1 Å². The van der Waals surface area contributed by atoms with Crippen LogP contribution in [0.25, 0.3) is 0 Å². The molecule has 1 aromatic heterocycles. The highest BCUT2D eigenvalue weighted by atomic mass is 32.1. The predicted molar refractivity (Wildman–Crippen MR) is 81.7 cm³/mol. The van der Waals surface area contributed by atoms with Crippen LogP contribution in [0.3, 0.4) is 0 Å². The van der Waals surface area contributed by atoms with Gasteiger partial charge < -0.3 is 10.1 Å². The van der Waals surface area contributed by atoms with Crippen LogP contribution in [0.5, 0.6) is 5.75 Å². The van der Waals surface area contributed by atoms with Crippen molar-refractivity contribution in [2.24, 2.45) is 0 Å². The third-order valence-electron chi connectivity index (χ3n) is 2.62. The number of para-hydroxylation sites is 2. The van der Waals surface area contributed by atoms with Gasteiger partial charge in [0.1, 0.15) is 11.4 Å². The van der Waals surface area contributed by atoms with Crippen LogP contribution in [-0.2, 0) is 0 Å². The van der Waals surface area contributed by atoms with Crippen molar-refractivity contribution in [1.82, 2.24) is 4.98 Å². The lowest BCUT2D eigenvalue weighted by molar-refractivity contribution is 0.102. The second-order valence-electron chi connectivity index (χ2n) is 4.75. The number of carbonyl (C=O) groups is 1. The van der Waals surface area contributed by atoms with Crippen LogP contribution in [0.1, 0.15) is 34.2 Å². The average molecular weight is 290 g/mol. The fourth-order valence-electron chi connectivity index (χ4n) is 1.85. The SMILES string of the molecule is Cc1nc(C(=O)Nc2ccccc2OC(C)C)c(C)s1. The first kappa shape index (κ1) is 14.5. The molecule has 20 heavy (non-hydrogen) atoms. The first-order valence-corrected chi connectivity index (χ1v) is 7.30. The van der Waals surface area contributed by atoms with E-state index < -0.39 is 0 Å². The van der Waals surface area contributed by atoms with Gasteiger partial charge in [-0.2, -0.15) is 0 Å². The Morgan fingerprint density at radius 1 is 1.30 bits per heavy atom. The van der Waals surface area contributed by atoms with Gasteiger partial charge in [-0.3, -0.25) is 4.79 Å². The minimum atomic E-state index is -0.202. The molecule has 0 aliphatic heterocycles. The summed E-state index contributed by atoms with van der Waals surface area (Å²) in [6.07, 6.45) is 0.0521. The van der Waals surface area contributed by atoms with E-state index in [-0.39, 0.29) is 12.0 Å². The van der Waals surface area contributed by atoms with Crippen LogP contribution < -0.4 is 10.1 Å². The number of ether oxygens (including phenoxy) is 1. The van der Waals surface area contributed by atoms with E-state index in [1.807, 2.05) is 52.0 Å². The second-order valence-corrected chi connectivity index (χ2v) is 6.16. The van der Waals surface area contributed by atoms with Crippen LogP contribution in [-0.4, -0.2) is 17.0 Å². The summed E-state index contributed by atoms with van der Waals surface area (Å²) in [4.78, 5) is 17.4. The molecular formula is C15H18N2O2S. The standard InChI is InChI=1S/C15H18N2O2S/c1-9(2)19-13-8-6-5-7-12(13)17-15(18)14-10(3)20-11(4)16-14/h5-9H,1-4H3,(H,17,18). The lowest BCUT2D eigenvalue weighted by Crippen LogP contribution is -2.15. The van der Waals surface area contributed by atoms with E-state index in [9.17, 15) is 4.79 Å². The maximum atomic E-state index is 12.3. The summed E-state index contributed by atoms with van der Waals surface area (Å²) in [6, 6.07) is 7.41. The number of nitrogens with one attached hydrogen (secondary N) is 1. The zero-order valence-electron chi connectivity index (χ0n) is 12.1. The first-order chi connectivity index (χ1) is 9.47. The molecule has 0 radical (unpaired) electrons. The number of nitrogens with zero attached hydrogens (tertiary/aromatic N) is 1. The van der Waals surface area contributed by atoms with Gasteiger partial charge in [-0.25, -0.2) is 4.98 Å². The van der Waals surface area contributed by atoms with Crippen molar-refractivity contribution in [1.29, 1.82) is 0 Å². The van der Waals surface area contributed by atoms with Gasteiger partial charge in [0.05, 0.1) is 16.8 Å². The fourth-order valence-corrected chi connectivity index (χ4v) is 2.66. The van der Waals surface area contributed by atoms with Gasteiger partial charge in [0, 0.05) is 4.88 Å². The normalized spacial score (nSPS) is 10.7. The van der Waals surface area contributed by atoms with E-state index >= 15 is 0 Å². The molecule has 0 atom stereocenters. The summed E-state index contributed by atoms with van der Waals surface area (Å²) in [5, 5.41) is 3.75. The van der Waals surface area contributed by atoms with Crippen LogP contribution in [0.2, 0.25) is 0 Å². The molecule has 0 bridgehead atoms. The van der Waals surface area contributed by atoms with Crippen molar-refractivity contribution in [2.45, 2.75) is 33.8 Å². The molecule has 0 saturated carbocycles. The fraction of sp³-hybridized carbons (Fsp3) is 0.333. The highest BCUT2D eigenvalue weighted by Crippen LogP contribution is 2.26. The summed E-state index contributed by atoms with van der Waals surface area (Å²) in [5.41, 5.74) is 1.14. The van der Waals surface area contributed by atoms with E-state index in [0.29, 0.717) is 17.1 Å². The van der Waals surface area contributed by atoms with Crippen LogP contribution in [0.4, 0.5) is 5.69 Å². The zero-order valence-corrected chi connectivity index (χ0v) is 12.9. The highest BCUT2D eigenvalue weighted by Gasteiger charge is 2.16. The maximum Gasteiger partial charge on any atom is 0.275 e. The average Bonchev–Trinajstić information content (AvgIpc) is 2.70. The minimum absolute atomic E-state index is 0.0521. The van der Waals surface area contributed by atoms with Gasteiger partial charge in [0.2, 0.25) is 0 Å². The van der Waals surface area contributed by atoms with Gasteiger partial charge in [0.25, 0.3) is 5.91 Å². The van der Waals surface area contributed by atoms with Crippen molar-refractivity contribution >= 4 is 22.9 Å². The van der Waals surface area contributed by atoms with Gasteiger partial charge in [0.15, 0.2) is 0 Å². The molecule has 1 aromatic carbocycles. The lowest BCUT2D eigenvalue weighted by Gasteiger charge is -2.14. The zero-order chi connectivity index (χ0) is 14.7. The van der Waals surface area contributed by atoms with Crippen molar-refractivity contribution in [3.05, 3.63) is 39.8 Å². The number of rotatable bonds is 4. The quantitative estimate of drug-likeness (QED) is 0.931. The molecule has 4 nitrogen and oxygen atoms in total. The molecule has 2 aromatic rings. The molecule has 0 aliphatic carbocycles. The highest BCUT2D eigenvalue weighted by molar-refractivity contribution is 7.11. The third kappa shape index (κ3) is 3.36. The number of aryl methyl sites for hydroxylation is 2. The molecule has 1 N–H and O–H groups in total. The Balaban J connectivity index is 2.22. The molecular weight excluding hydrogens is 272 g/mol. The summed E-state index contributed by atoms with van der Waals surface area (Å²) >= 11 is 1.52. The Hall–Kier alpha value is -1.88. The summed E-state index contributed by atoms with van der Waals surface area (Å²) in [5.74, 6) is 0.465. The second kappa shape index (κ2) is 6.05. The number of amides is 1. The Bertz CT molecular complexity index is 620. The van der Waals surface area contributed by atoms with Crippen molar-refractivity contribution in [3.63, 3.8) is 0 Å². The smallest absolute Gasteiger partial charge is 0.275 e. The summed E-state index contributed by atoms with van der Waals surface area (Å²) < 4.78 is 5.69. The van der Waals surface area contributed by atoms with Crippen molar-refractivity contribution < 1.29 is 9.53 Å². The molecule has 0 aliphatic rings. The predicted octanol–water partition coefficient (Wildman–Crippen LogP) is 3.80. The van der Waals surface area contributed by atoms with Gasteiger partial charge >= 0.3 is 0 Å². The molecule has 0 saturated heterocycles. The Labute approximate surface area is 122 Å². The van der Waals surface area contributed by atoms with E-state index in [0.717, 1.165) is 9.88 Å². The summed E-state index contributed by atoms with van der Waals surface area (Å²) in [6.45, 7) is 7.69. The lowest BCUT2D eigenvalue weighted by atomic mass is 10.2. The van der Waals surface area contributed by atoms with Gasteiger partial charge in [-0.05, 0) is 39.8 Å². The first-order valence-electron chi connectivity index (χ1n) is 6.48. The van der Waals surface area contributed by atoms with Crippen molar-refractivity contribution in [3.8, 4) is 5.75 Å². The van der Waals surface area contributed by atoms with E-state index in [2.05, 4.69) is 10.3 Å². The number of hydrogen-bond acceptors (Lipinski definition) is 4. The van der Waals surface area contributed by atoms with E-state index in [1.165, 1.54) is 11.3 Å². The number of hydrogen-bond donors (Lipinski definition) is 1. The van der Waals surface area contributed by atoms with Crippen LogP contribution in [0.15, 0.2) is 24.3 Å². The summed E-state index contributed by atoms with van der Waals surface area (Å²) in [7, 11) is 0. The van der Waals surface area contributed by atoms with Crippen molar-refractivity contribution in [2.75, 3.05) is 5.32 Å².